The number of phenols is 1. The quantitative estimate of drug-likeness (QED) is 0.847. The maximum atomic E-state index is 12.1. The summed E-state index contributed by atoms with van der Waals surface area (Å²) >= 11 is 0. The lowest BCUT2D eigenvalue weighted by Gasteiger charge is -2.29. The predicted molar refractivity (Wildman–Crippen MR) is 94.8 cm³/mol. The van der Waals surface area contributed by atoms with Gasteiger partial charge in [0.25, 0.3) is 5.91 Å². The summed E-state index contributed by atoms with van der Waals surface area (Å²) in [5.41, 5.74) is 0.530. The third-order valence-corrected chi connectivity index (χ3v) is 4.31. The summed E-state index contributed by atoms with van der Waals surface area (Å²) < 4.78 is 11.6. The van der Waals surface area contributed by atoms with Crippen molar-refractivity contribution in [1.82, 2.24) is 5.32 Å². The van der Waals surface area contributed by atoms with Crippen LogP contribution in [0.25, 0.3) is 0 Å². The van der Waals surface area contributed by atoms with Crippen LogP contribution in [0.2, 0.25) is 0 Å². The van der Waals surface area contributed by atoms with Crippen LogP contribution in [-0.4, -0.2) is 36.9 Å². The Morgan fingerprint density at radius 3 is 2.56 bits per heavy atom. The van der Waals surface area contributed by atoms with E-state index in [1.54, 1.807) is 12.1 Å². The average molecular weight is 341 g/mol. The highest BCUT2D eigenvalue weighted by molar-refractivity contribution is 5.94. The number of hydrogen-bond acceptors (Lipinski definition) is 4. The van der Waals surface area contributed by atoms with E-state index in [2.05, 4.69) is 5.32 Å². The highest BCUT2D eigenvalue weighted by Gasteiger charge is 2.22. The topological polar surface area (TPSA) is 67.8 Å². The Morgan fingerprint density at radius 1 is 1.12 bits per heavy atom. The molecule has 1 amide bonds. The van der Waals surface area contributed by atoms with Gasteiger partial charge in [-0.2, -0.15) is 0 Å². The molecule has 0 bridgehead atoms. The molecular formula is C20H23NO4. The Kier molecular flexibility index (Phi) is 5.90. The molecule has 1 saturated heterocycles. The lowest BCUT2D eigenvalue weighted by Crippen LogP contribution is -2.38. The molecule has 0 aromatic heterocycles. The zero-order valence-electron chi connectivity index (χ0n) is 14.1. The number of aromatic hydroxyl groups is 1. The number of rotatable bonds is 6. The summed E-state index contributed by atoms with van der Waals surface area (Å²) in [4.78, 5) is 12.1. The lowest BCUT2D eigenvalue weighted by atomic mass is 9.99. The molecule has 1 aliphatic rings. The molecule has 2 atom stereocenters. The number of benzene rings is 2. The van der Waals surface area contributed by atoms with Gasteiger partial charge in [-0.05, 0) is 49.2 Å². The number of para-hydroxylation sites is 1. The van der Waals surface area contributed by atoms with E-state index in [0.717, 1.165) is 18.6 Å². The number of phenolic OH excluding ortho intramolecular Hbond substituents is 1. The van der Waals surface area contributed by atoms with Crippen LogP contribution in [-0.2, 0) is 4.74 Å². The zero-order chi connectivity index (χ0) is 17.5. The van der Waals surface area contributed by atoms with Gasteiger partial charge in [-0.15, -0.1) is 0 Å². The smallest absolute Gasteiger partial charge is 0.251 e. The van der Waals surface area contributed by atoms with Gasteiger partial charge < -0.3 is 19.9 Å². The molecule has 5 nitrogen and oxygen atoms in total. The van der Waals surface area contributed by atoms with Gasteiger partial charge >= 0.3 is 0 Å². The van der Waals surface area contributed by atoms with Crippen LogP contribution in [0.3, 0.4) is 0 Å². The fourth-order valence-corrected chi connectivity index (χ4v) is 2.81. The van der Waals surface area contributed by atoms with Crippen LogP contribution in [0.4, 0.5) is 0 Å². The van der Waals surface area contributed by atoms with E-state index in [0.29, 0.717) is 31.2 Å². The van der Waals surface area contributed by atoms with Crippen molar-refractivity contribution in [1.29, 1.82) is 0 Å². The lowest BCUT2D eigenvalue weighted by molar-refractivity contribution is -0.0251. The third kappa shape index (κ3) is 5.22. The molecule has 0 aliphatic carbocycles. The minimum atomic E-state index is -0.155. The van der Waals surface area contributed by atoms with E-state index < -0.39 is 0 Å². The molecule has 2 aromatic rings. The minimum absolute atomic E-state index is 0.0361. The summed E-state index contributed by atoms with van der Waals surface area (Å²) in [6, 6.07) is 16.0. The SMILES string of the molecule is O=C(NCC1CCC(COc2ccccc2)CO1)c1ccc(O)cc1. The number of amides is 1. The van der Waals surface area contributed by atoms with Crippen molar-refractivity contribution in [3.63, 3.8) is 0 Å². The second-order valence-corrected chi connectivity index (χ2v) is 6.28. The first-order chi connectivity index (χ1) is 12.2. The Balaban J connectivity index is 1.36. The molecular weight excluding hydrogens is 318 g/mol. The van der Waals surface area contributed by atoms with Crippen LogP contribution in [0.1, 0.15) is 23.2 Å². The van der Waals surface area contributed by atoms with Crippen molar-refractivity contribution in [3.8, 4) is 11.5 Å². The summed E-state index contributed by atoms with van der Waals surface area (Å²) in [6.45, 7) is 1.79. The van der Waals surface area contributed by atoms with Crippen LogP contribution in [0.5, 0.6) is 11.5 Å². The number of hydrogen-bond donors (Lipinski definition) is 2. The van der Waals surface area contributed by atoms with Crippen molar-refractivity contribution in [2.45, 2.75) is 18.9 Å². The number of carbonyl (C=O) groups is 1. The zero-order valence-corrected chi connectivity index (χ0v) is 14.1. The molecule has 5 heteroatoms. The monoisotopic (exact) mass is 341 g/mol. The van der Waals surface area contributed by atoms with E-state index in [4.69, 9.17) is 9.47 Å². The summed E-state index contributed by atoms with van der Waals surface area (Å²) in [6.07, 6.45) is 1.96. The van der Waals surface area contributed by atoms with Gasteiger partial charge in [0.2, 0.25) is 0 Å². The highest BCUT2D eigenvalue weighted by atomic mass is 16.5. The van der Waals surface area contributed by atoms with Gasteiger partial charge in [-0.1, -0.05) is 18.2 Å². The van der Waals surface area contributed by atoms with Crippen LogP contribution < -0.4 is 10.1 Å². The van der Waals surface area contributed by atoms with Crippen molar-refractivity contribution in [3.05, 3.63) is 60.2 Å². The molecule has 0 radical (unpaired) electrons. The molecule has 2 N–H and O–H groups in total. The second kappa shape index (κ2) is 8.53. The highest BCUT2D eigenvalue weighted by Crippen LogP contribution is 2.20. The first-order valence-electron chi connectivity index (χ1n) is 8.57. The summed E-state index contributed by atoms with van der Waals surface area (Å²) in [5, 5.41) is 12.1. The number of ether oxygens (including phenoxy) is 2. The minimum Gasteiger partial charge on any atom is -0.508 e. The van der Waals surface area contributed by atoms with Crippen molar-refractivity contribution >= 4 is 5.91 Å². The van der Waals surface area contributed by atoms with E-state index in [9.17, 15) is 9.90 Å². The molecule has 1 heterocycles. The average Bonchev–Trinajstić information content (AvgIpc) is 2.67. The van der Waals surface area contributed by atoms with E-state index >= 15 is 0 Å². The first-order valence-corrected chi connectivity index (χ1v) is 8.57. The molecule has 25 heavy (non-hydrogen) atoms. The van der Waals surface area contributed by atoms with Gasteiger partial charge in [0.1, 0.15) is 11.5 Å². The second-order valence-electron chi connectivity index (χ2n) is 6.28. The Bertz CT molecular complexity index is 664. The molecule has 3 rings (SSSR count). The Morgan fingerprint density at radius 2 is 1.88 bits per heavy atom. The molecule has 2 aromatic carbocycles. The third-order valence-electron chi connectivity index (χ3n) is 4.31. The van der Waals surface area contributed by atoms with Crippen molar-refractivity contribution in [2.24, 2.45) is 5.92 Å². The van der Waals surface area contributed by atoms with Gasteiger partial charge in [-0.3, -0.25) is 4.79 Å². The van der Waals surface area contributed by atoms with Gasteiger partial charge in [0, 0.05) is 18.0 Å². The molecule has 132 valence electrons. The summed E-state index contributed by atoms with van der Waals surface area (Å²) in [5.74, 6) is 1.25. The van der Waals surface area contributed by atoms with Crippen molar-refractivity contribution < 1.29 is 19.4 Å². The van der Waals surface area contributed by atoms with Crippen molar-refractivity contribution in [2.75, 3.05) is 19.8 Å². The normalized spacial score (nSPS) is 20.0. The van der Waals surface area contributed by atoms with E-state index in [1.807, 2.05) is 30.3 Å². The van der Waals surface area contributed by atoms with Crippen LogP contribution >= 0.6 is 0 Å². The maximum Gasteiger partial charge on any atom is 0.251 e. The van der Waals surface area contributed by atoms with Crippen LogP contribution in [0, 0.1) is 5.92 Å². The summed E-state index contributed by atoms with van der Waals surface area (Å²) in [7, 11) is 0. The fraction of sp³-hybridized carbons (Fsp3) is 0.350. The largest absolute Gasteiger partial charge is 0.508 e. The molecule has 0 spiro atoms. The Labute approximate surface area is 147 Å². The van der Waals surface area contributed by atoms with Crippen LogP contribution in [0.15, 0.2) is 54.6 Å². The molecule has 1 fully saturated rings. The standard InChI is InChI=1S/C20H23NO4/c22-17-9-7-16(8-10-17)20(23)21-12-19-11-6-15(14-25-19)13-24-18-4-2-1-3-5-18/h1-5,7-10,15,19,22H,6,11-14H2,(H,21,23). The fourth-order valence-electron chi connectivity index (χ4n) is 2.81. The maximum absolute atomic E-state index is 12.1. The van der Waals surface area contributed by atoms with E-state index in [-0.39, 0.29) is 17.8 Å². The van der Waals surface area contributed by atoms with E-state index in [1.165, 1.54) is 12.1 Å². The van der Waals surface area contributed by atoms with Gasteiger partial charge in [-0.25, -0.2) is 0 Å². The number of carbonyl (C=O) groups excluding carboxylic acids is 1. The molecule has 0 saturated carbocycles. The van der Waals surface area contributed by atoms with Gasteiger partial charge in [0.15, 0.2) is 0 Å². The Hall–Kier alpha value is -2.53. The predicted octanol–water partition coefficient (Wildman–Crippen LogP) is 3.00. The molecule has 2 unspecified atom stereocenters. The van der Waals surface area contributed by atoms with Gasteiger partial charge in [0.05, 0.1) is 19.3 Å². The number of nitrogens with one attached hydrogen (secondary N) is 1. The molecule has 1 aliphatic heterocycles. The first kappa shape index (κ1) is 17.3.